The summed E-state index contributed by atoms with van der Waals surface area (Å²) in [6.45, 7) is 1.66. The Morgan fingerprint density at radius 1 is 1.44 bits per heavy atom. The van der Waals surface area contributed by atoms with Gasteiger partial charge in [-0.2, -0.15) is 0 Å². The normalized spacial score (nSPS) is 9.56. The highest BCUT2D eigenvalue weighted by molar-refractivity contribution is 5.68. The maximum absolute atomic E-state index is 10.7. The van der Waals surface area contributed by atoms with Crippen LogP contribution in [0.5, 0.6) is 0 Å². The van der Waals surface area contributed by atoms with Crippen molar-refractivity contribution in [3.63, 3.8) is 0 Å². The van der Waals surface area contributed by atoms with Crippen LogP contribution in [0.2, 0.25) is 0 Å². The molecule has 0 saturated carbocycles. The Bertz CT molecular complexity index is 377. The highest BCUT2D eigenvalue weighted by atomic mass is 16.7. The highest BCUT2D eigenvalue weighted by Crippen LogP contribution is 2.14. The van der Waals surface area contributed by atoms with E-state index in [4.69, 9.17) is 0 Å². The van der Waals surface area contributed by atoms with Crippen molar-refractivity contribution < 1.29 is 14.6 Å². The third-order valence-electron chi connectivity index (χ3n) is 1.73. The zero-order valence-corrected chi connectivity index (χ0v) is 8.60. The summed E-state index contributed by atoms with van der Waals surface area (Å²) in [5.41, 5.74) is 5.34. The molecule has 0 heterocycles. The van der Waals surface area contributed by atoms with E-state index in [2.05, 4.69) is 15.9 Å². The summed E-state index contributed by atoms with van der Waals surface area (Å²) < 4.78 is 0. The molecule has 0 unspecified atom stereocenters. The van der Waals surface area contributed by atoms with Crippen LogP contribution in [0.25, 0.3) is 0 Å². The number of hydrazine groups is 1. The maximum atomic E-state index is 10.7. The molecular formula is C9H11N3O4. The van der Waals surface area contributed by atoms with Crippen LogP contribution in [0.4, 0.5) is 11.4 Å². The van der Waals surface area contributed by atoms with E-state index in [9.17, 15) is 14.9 Å². The first-order valence-corrected chi connectivity index (χ1v) is 4.58. The number of nitrogens with zero attached hydrogens (tertiary/aromatic N) is 1. The number of nitro benzene ring substituents is 1. The van der Waals surface area contributed by atoms with E-state index in [0.717, 1.165) is 0 Å². The minimum absolute atomic E-state index is 0.00361. The van der Waals surface area contributed by atoms with E-state index in [1.54, 1.807) is 6.92 Å². The Balaban J connectivity index is 2.43. The topological polar surface area (TPSA) is 93.5 Å². The Labute approximate surface area is 91.5 Å². The van der Waals surface area contributed by atoms with Crippen molar-refractivity contribution in [1.82, 2.24) is 5.59 Å². The number of rotatable bonds is 5. The summed E-state index contributed by atoms with van der Waals surface area (Å²) in [6, 6.07) is 5.66. The average Bonchev–Trinajstić information content (AvgIpc) is 2.29. The maximum Gasteiger partial charge on any atom is 0.326 e. The van der Waals surface area contributed by atoms with Gasteiger partial charge in [-0.3, -0.25) is 20.3 Å². The molecule has 1 aromatic rings. The number of nitrogens with one attached hydrogen (secondary N) is 2. The summed E-state index contributed by atoms with van der Waals surface area (Å²) >= 11 is 0. The number of benzene rings is 1. The first-order valence-electron chi connectivity index (χ1n) is 4.58. The standard InChI is InChI=1S/C9H11N3O4/c1-2-9(13)16-11-10-7-3-5-8(6-4-7)12(14)15/h3-6,10-11H,2H2,1H3. The second-order valence-corrected chi connectivity index (χ2v) is 2.86. The first-order chi connectivity index (χ1) is 7.63. The Morgan fingerprint density at radius 2 is 2.06 bits per heavy atom. The van der Waals surface area contributed by atoms with Crippen molar-refractivity contribution in [2.75, 3.05) is 5.43 Å². The number of nitro groups is 1. The van der Waals surface area contributed by atoms with E-state index in [1.165, 1.54) is 24.3 Å². The average molecular weight is 225 g/mol. The van der Waals surface area contributed by atoms with Gasteiger partial charge in [0.1, 0.15) is 0 Å². The van der Waals surface area contributed by atoms with E-state index in [0.29, 0.717) is 5.69 Å². The fourth-order valence-electron chi connectivity index (χ4n) is 0.880. The predicted octanol–water partition coefficient (Wildman–Crippen LogP) is 1.38. The molecule has 0 saturated heterocycles. The summed E-state index contributed by atoms with van der Waals surface area (Å²) in [5, 5.41) is 10.4. The smallest absolute Gasteiger partial charge is 0.326 e. The molecule has 1 rings (SSSR count). The molecule has 7 nitrogen and oxygen atoms in total. The number of carbonyl (C=O) groups excluding carboxylic acids is 1. The molecule has 0 bridgehead atoms. The van der Waals surface area contributed by atoms with Gasteiger partial charge in [0.2, 0.25) is 0 Å². The molecule has 0 spiro atoms. The van der Waals surface area contributed by atoms with Crippen LogP contribution < -0.4 is 11.0 Å². The van der Waals surface area contributed by atoms with Crippen LogP contribution in [0.3, 0.4) is 0 Å². The van der Waals surface area contributed by atoms with Crippen molar-refractivity contribution >= 4 is 17.3 Å². The summed E-state index contributed by atoms with van der Waals surface area (Å²) in [6.07, 6.45) is 0.259. The molecule has 1 aromatic carbocycles. The van der Waals surface area contributed by atoms with Gasteiger partial charge in [0.25, 0.3) is 5.69 Å². The minimum Gasteiger partial charge on any atom is -0.351 e. The minimum atomic E-state index is -0.492. The van der Waals surface area contributed by atoms with Gasteiger partial charge in [-0.1, -0.05) is 12.5 Å². The number of anilines is 1. The molecule has 0 aliphatic carbocycles. The second-order valence-electron chi connectivity index (χ2n) is 2.86. The Kier molecular flexibility index (Phi) is 4.22. The summed E-state index contributed by atoms with van der Waals surface area (Å²) in [5.74, 6) is -0.408. The SMILES string of the molecule is CCC(=O)ONNc1ccc([N+](=O)[O-])cc1. The molecule has 0 aliphatic heterocycles. The summed E-state index contributed by atoms with van der Waals surface area (Å²) in [7, 11) is 0. The van der Waals surface area contributed by atoms with Gasteiger partial charge >= 0.3 is 5.97 Å². The Hall–Kier alpha value is -2.15. The molecule has 2 N–H and O–H groups in total. The number of hydrogen-bond donors (Lipinski definition) is 2. The number of hydrogen-bond acceptors (Lipinski definition) is 6. The molecule has 0 amide bonds. The van der Waals surface area contributed by atoms with Crippen LogP contribution in [-0.4, -0.2) is 10.9 Å². The van der Waals surface area contributed by atoms with Gasteiger partial charge in [-0.25, -0.2) is 0 Å². The van der Waals surface area contributed by atoms with Crippen LogP contribution in [0.15, 0.2) is 24.3 Å². The highest BCUT2D eigenvalue weighted by Gasteiger charge is 2.03. The van der Waals surface area contributed by atoms with Gasteiger partial charge in [0.05, 0.1) is 10.6 Å². The molecule has 0 atom stereocenters. The van der Waals surface area contributed by atoms with Gasteiger partial charge in [0.15, 0.2) is 0 Å². The van der Waals surface area contributed by atoms with Gasteiger partial charge < -0.3 is 4.84 Å². The molecular weight excluding hydrogens is 214 g/mol. The third-order valence-corrected chi connectivity index (χ3v) is 1.73. The van der Waals surface area contributed by atoms with Crippen molar-refractivity contribution in [3.8, 4) is 0 Å². The van der Waals surface area contributed by atoms with Crippen LogP contribution >= 0.6 is 0 Å². The van der Waals surface area contributed by atoms with E-state index < -0.39 is 10.9 Å². The van der Waals surface area contributed by atoms with E-state index >= 15 is 0 Å². The molecule has 0 aromatic heterocycles. The lowest BCUT2D eigenvalue weighted by molar-refractivity contribution is -0.384. The molecule has 16 heavy (non-hydrogen) atoms. The monoisotopic (exact) mass is 225 g/mol. The van der Waals surface area contributed by atoms with E-state index in [1.807, 2.05) is 0 Å². The molecule has 7 heteroatoms. The quantitative estimate of drug-likeness (QED) is 0.580. The first kappa shape index (κ1) is 11.9. The summed E-state index contributed by atoms with van der Waals surface area (Å²) in [4.78, 5) is 25.1. The zero-order chi connectivity index (χ0) is 12.0. The lowest BCUT2D eigenvalue weighted by atomic mass is 10.3. The van der Waals surface area contributed by atoms with Crippen molar-refractivity contribution in [2.24, 2.45) is 0 Å². The van der Waals surface area contributed by atoms with Crippen LogP contribution in [-0.2, 0) is 9.63 Å². The lowest BCUT2D eigenvalue weighted by Crippen LogP contribution is -2.25. The van der Waals surface area contributed by atoms with Crippen molar-refractivity contribution in [2.45, 2.75) is 13.3 Å². The third kappa shape index (κ3) is 3.54. The molecule has 0 radical (unpaired) electrons. The predicted molar refractivity (Wildman–Crippen MR) is 56.2 cm³/mol. The molecule has 86 valence electrons. The van der Waals surface area contributed by atoms with Crippen LogP contribution in [0.1, 0.15) is 13.3 Å². The largest absolute Gasteiger partial charge is 0.351 e. The number of carbonyl (C=O) groups is 1. The van der Waals surface area contributed by atoms with Gasteiger partial charge in [-0.05, 0) is 12.1 Å². The zero-order valence-electron chi connectivity index (χ0n) is 8.60. The van der Waals surface area contributed by atoms with Crippen molar-refractivity contribution in [3.05, 3.63) is 34.4 Å². The van der Waals surface area contributed by atoms with Gasteiger partial charge in [-0.15, -0.1) is 0 Å². The fraction of sp³-hybridized carbons (Fsp3) is 0.222. The fourth-order valence-corrected chi connectivity index (χ4v) is 0.880. The lowest BCUT2D eigenvalue weighted by Gasteiger charge is -2.06. The van der Waals surface area contributed by atoms with Gasteiger partial charge in [0, 0.05) is 18.6 Å². The molecule has 0 fully saturated rings. The number of non-ortho nitro benzene ring substituents is 1. The second kappa shape index (κ2) is 5.66. The molecule has 0 aliphatic rings. The van der Waals surface area contributed by atoms with E-state index in [-0.39, 0.29) is 12.1 Å². The van der Waals surface area contributed by atoms with Crippen molar-refractivity contribution in [1.29, 1.82) is 0 Å². The Morgan fingerprint density at radius 3 is 2.56 bits per heavy atom. The van der Waals surface area contributed by atoms with Crippen LogP contribution in [0, 0.1) is 10.1 Å².